The van der Waals surface area contributed by atoms with Gasteiger partial charge in [-0.2, -0.15) is 0 Å². The van der Waals surface area contributed by atoms with Crippen molar-refractivity contribution in [2.75, 3.05) is 4.90 Å². The van der Waals surface area contributed by atoms with Gasteiger partial charge < -0.3 is 19.5 Å². The maximum Gasteiger partial charge on any atom is 0.174 e. The largest absolute Gasteiger partial charge is 0.457 e. The summed E-state index contributed by atoms with van der Waals surface area (Å²) in [5, 5.41) is 4.25. The minimum absolute atomic E-state index is 0.0213. The molecule has 0 radical (unpaired) electrons. The molecule has 1 saturated heterocycles. The van der Waals surface area contributed by atoms with Crippen LogP contribution in [0.5, 0.6) is 11.5 Å². The standard InChI is InChI=1S/C29H30N4OS/c1-5-32-20(3)18-24(21(32)4)28-27(25-11-8-9-17-30-25)31-29(35)33(28)22-13-15-23(16-14-22)34-26-12-7-6-10-19(26)2/h6-18,27-28H,5H2,1-4H3,(H,31,35)/t27-,28+/m1/s1. The molecule has 178 valence electrons. The van der Waals surface area contributed by atoms with Gasteiger partial charge in [-0.15, -0.1) is 0 Å². The number of nitrogens with one attached hydrogen (secondary N) is 1. The summed E-state index contributed by atoms with van der Waals surface area (Å²) < 4.78 is 8.48. The molecule has 1 aliphatic heterocycles. The summed E-state index contributed by atoms with van der Waals surface area (Å²) in [4.78, 5) is 6.89. The first kappa shape index (κ1) is 23.1. The van der Waals surface area contributed by atoms with Crippen LogP contribution in [0.3, 0.4) is 0 Å². The Morgan fingerprint density at radius 3 is 2.37 bits per heavy atom. The molecule has 4 aromatic rings. The molecule has 0 saturated carbocycles. The highest BCUT2D eigenvalue weighted by atomic mass is 32.1. The first-order chi connectivity index (χ1) is 17.0. The van der Waals surface area contributed by atoms with Crippen LogP contribution in [0.25, 0.3) is 0 Å². The van der Waals surface area contributed by atoms with Crippen LogP contribution in [0.4, 0.5) is 5.69 Å². The van der Waals surface area contributed by atoms with E-state index in [4.69, 9.17) is 17.0 Å². The van der Waals surface area contributed by atoms with Crippen molar-refractivity contribution in [3.05, 3.63) is 107 Å². The van der Waals surface area contributed by atoms with E-state index in [0.717, 1.165) is 35.0 Å². The Morgan fingerprint density at radius 1 is 0.971 bits per heavy atom. The normalized spacial score (nSPS) is 17.5. The molecule has 0 spiro atoms. The number of ether oxygens (including phenoxy) is 1. The molecule has 2 aromatic carbocycles. The van der Waals surface area contributed by atoms with Crippen LogP contribution in [-0.2, 0) is 6.54 Å². The molecule has 3 heterocycles. The summed E-state index contributed by atoms with van der Waals surface area (Å²) in [7, 11) is 0. The van der Waals surface area contributed by atoms with E-state index in [0.29, 0.717) is 5.11 Å². The summed E-state index contributed by atoms with van der Waals surface area (Å²) in [5.41, 5.74) is 6.86. The van der Waals surface area contributed by atoms with Gasteiger partial charge in [-0.25, -0.2) is 0 Å². The average molecular weight is 483 g/mol. The Hall–Kier alpha value is -3.64. The second kappa shape index (κ2) is 9.55. The van der Waals surface area contributed by atoms with E-state index < -0.39 is 0 Å². The van der Waals surface area contributed by atoms with E-state index >= 15 is 0 Å². The van der Waals surface area contributed by atoms with Gasteiger partial charge in [0.25, 0.3) is 0 Å². The highest BCUT2D eigenvalue weighted by Gasteiger charge is 2.42. The van der Waals surface area contributed by atoms with Gasteiger partial charge >= 0.3 is 0 Å². The first-order valence-corrected chi connectivity index (χ1v) is 12.4. The molecule has 1 N–H and O–H groups in total. The van der Waals surface area contributed by atoms with Crippen LogP contribution >= 0.6 is 12.2 Å². The lowest BCUT2D eigenvalue weighted by molar-refractivity contribution is 0.479. The van der Waals surface area contributed by atoms with Crippen molar-refractivity contribution in [2.45, 2.75) is 46.3 Å². The van der Waals surface area contributed by atoms with E-state index in [2.05, 4.69) is 64.8 Å². The molecule has 0 amide bonds. The minimum Gasteiger partial charge on any atom is -0.457 e. The summed E-state index contributed by atoms with van der Waals surface area (Å²) >= 11 is 5.89. The van der Waals surface area contributed by atoms with Gasteiger partial charge in [0.15, 0.2) is 5.11 Å². The third kappa shape index (κ3) is 4.30. The monoisotopic (exact) mass is 482 g/mol. The third-order valence-electron chi connectivity index (χ3n) is 6.78. The van der Waals surface area contributed by atoms with Gasteiger partial charge in [-0.1, -0.05) is 24.3 Å². The lowest BCUT2D eigenvalue weighted by Crippen LogP contribution is -2.29. The van der Waals surface area contributed by atoms with Crippen molar-refractivity contribution in [2.24, 2.45) is 0 Å². The van der Waals surface area contributed by atoms with Gasteiger partial charge in [0.1, 0.15) is 11.5 Å². The number of aromatic nitrogens is 2. The Balaban J connectivity index is 1.53. The zero-order valence-corrected chi connectivity index (χ0v) is 21.3. The van der Waals surface area contributed by atoms with Gasteiger partial charge in [-0.3, -0.25) is 4.98 Å². The predicted molar refractivity (Wildman–Crippen MR) is 145 cm³/mol. The van der Waals surface area contributed by atoms with E-state index in [9.17, 15) is 0 Å². The van der Waals surface area contributed by atoms with Crippen molar-refractivity contribution < 1.29 is 4.74 Å². The number of nitrogens with zero attached hydrogens (tertiary/aromatic N) is 3. The number of anilines is 1. The smallest absolute Gasteiger partial charge is 0.174 e. The molecule has 5 nitrogen and oxygen atoms in total. The van der Waals surface area contributed by atoms with Crippen molar-refractivity contribution in [1.29, 1.82) is 0 Å². The molecule has 0 unspecified atom stereocenters. The number of hydrogen-bond acceptors (Lipinski definition) is 3. The number of benzene rings is 2. The second-order valence-corrected chi connectivity index (χ2v) is 9.32. The summed E-state index contributed by atoms with van der Waals surface area (Å²) in [6.45, 7) is 9.52. The number of pyridine rings is 1. The fraction of sp³-hybridized carbons (Fsp3) is 0.241. The van der Waals surface area contributed by atoms with Crippen LogP contribution in [0.2, 0.25) is 0 Å². The zero-order chi connectivity index (χ0) is 24.5. The van der Waals surface area contributed by atoms with Crippen molar-refractivity contribution in [1.82, 2.24) is 14.9 Å². The molecule has 1 aliphatic rings. The van der Waals surface area contributed by atoms with Gasteiger partial charge in [-0.05, 0) is 99.6 Å². The molecule has 2 aromatic heterocycles. The predicted octanol–water partition coefficient (Wildman–Crippen LogP) is 6.80. The highest BCUT2D eigenvalue weighted by molar-refractivity contribution is 7.80. The zero-order valence-electron chi connectivity index (χ0n) is 20.5. The van der Waals surface area contributed by atoms with Gasteiger partial charge in [0.05, 0.1) is 17.8 Å². The molecule has 35 heavy (non-hydrogen) atoms. The molecule has 6 heteroatoms. The average Bonchev–Trinajstić information content (AvgIpc) is 3.36. The quantitative estimate of drug-likeness (QED) is 0.306. The van der Waals surface area contributed by atoms with Crippen LogP contribution in [-0.4, -0.2) is 14.7 Å². The third-order valence-corrected chi connectivity index (χ3v) is 7.10. The Bertz CT molecular complexity index is 1350. The summed E-state index contributed by atoms with van der Waals surface area (Å²) in [6, 6.07) is 24.4. The van der Waals surface area contributed by atoms with Crippen molar-refractivity contribution >= 4 is 23.0 Å². The van der Waals surface area contributed by atoms with E-state index in [1.807, 2.05) is 61.7 Å². The van der Waals surface area contributed by atoms with Crippen LogP contribution < -0.4 is 15.0 Å². The summed E-state index contributed by atoms with van der Waals surface area (Å²) in [6.07, 6.45) is 1.84. The maximum atomic E-state index is 6.13. The van der Waals surface area contributed by atoms with Gasteiger partial charge in [0.2, 0.25) is 0 Å². The number of hydrogen-bond donors (Lipinski definition) is 1. The van der Waals surface area contributed by atoms with Crippen molar-refractivity contribution in [3.8, 4) is 11.5 Å². The van der Waals surface area contributed by atoms with E-state index in [-0.39, 0.29) is 12.1 Å². The van der Waals surface area contributed by atoms with Gasteiger partial charge in [0, 0.05) is 29.8 Å². The number of aryl methyl sites for hydroxylation is 2. The number of rotatable bonds is 6. The molecule has 0 aliphatic carbocycles. The van der Waals surface area contributed by atoms with Crippen LogP contribution in [0.1, 0.15) is 47.2 Å². The van der Waals surface area contributed by atoms with Crippen LogP contribution in [0, 0.1) is 20.8 Å². The molecular formula is C29H30N4OS. The molecular weight excluding hydrogens is 452 g/mol. The molecule has 1 fully saturated rings. The van der Waals surface area contributed by atoms with E-state index in [1.54, 1.807) is 0 Å². The summed E-state index contributed by atoms with van der Waals surface area (Å²) in [5.74, 6) is 1.65. The fourth-order valence-corrected chi connectivity index (χ4v) is 5.38. The molecule has 5 rings (SSSR count). The first-order valence-electron chi connectivity index (χ1n) is 12.0. The van der Waals surface area contributed by atoms with Crippen LogP contribution in [0.15, 0.2) is 79.0 Å². The maximum absolute atomic E-state index is 6.13. The number of para-hydroxylation sites is 1. The molecule has 2 atom stereocenters. The van der Waals surface area contributed by atoms with E-state index in [1.165, 1.54) is 17.0 Å². The highest BCUT2D eigenvalue weighted by Crippen LogP contribution is 2.43. The Labute approximate surface area is 212 Å². The Morgan fingerprint density at radius 2 is 1.71 bits per heavy atom. The number of thiocarbonyl (C=S) groups is 1. The molecule has 0 bridgehead atoms. The fourth-order valence-electron chi connectivity index (χ4n) is 5.04. The van der Waals surface area contributed by atoms with Crippen molar-refractivity contribution in [3.63, 3.8) is 0 Å². The minimum atomic E-state index is -0.0580. The SMILES string of the molecule is CCn1c(C)cc([C@H]2[C@@H](c3ccccn3)NC(=S)N2c2ccc(Oc3ccccc3C)cc2)c1C. The second-order valence-electron chi connectivity index (χ2n) is 8.93. The lowest BCUT2D eigenvalue weighted by atomic mass is 9.96. The lowest BCUT2D eigenvalue weighted by Gasteiger charge is -2.28. The Kier molecular flexibility index (Phi) is 6.31. The topological polar surface area (TPSA) is 42.3 Å².